The first-order valence-corrected chi connectivity index (χ1v) is 8.25. The highest BCUT2D eigenvalue weighted by atomic mass is 16.2. The van der Waals surface area contributed by atoms with Crippen LogP contribution in [-0.4, -0.2) is 34.8 Å². The van der Waals surface area contributed by atoms with Gasteiger partial charge < -0.3 is 10.2 Å². The molecule has 0 radical (unpaired) electrons. The predicted molar refractivity (Wildman–Crippen MR) is 92.9 cm³/mol. The van der Waals surface area contributed by atoms with E-state index in [4.69, 9.17) is 0 Å². The Hall–Kier alpha value is -2.69. The minimum absolute atomic E-state index is 0.101. The van der Waals surface area contributed by atoms with Crippen molar-refractivity contribution in [3.63, 3.8) is 0 Å². The Bertz CT molecular complexity index is 730. The average Bonchev–Trinajstić information content (AvgIpc) is 2.62. The monoisotopic (exact) mass is 323 g/mol. The van der Waals surface area contributed by atoms with Gasteiger partial charge in [-0.15, -0.1) is 0 Å². The second kappa shape index (κ2) is 7.25. The maximum Gasteiger partial charge on any atom is 0.272 e. The molecule has 5 nitrogen and oxygen atoms in total. The number of pyridine rings is 1. The van der Waals surface area contributed by atoms with Crippen LogP contribution < -0.4 is 5.32 Å². The van der Waals surface area contributed by atoms with Crippen LogP contribution in [0.1, 0.15) is 40.6 Å². The van der Waals surface area contributed by atoms with Gasteiger partial charge in [0.2, 0.25) is 0 Å². The van der Waals surface area contributed by atoms with E-state index in [2.05, 4.69) is 17.2 Å². The topological polar surface area (TPSA) is 62.3 Å². The molecule has 1 unspecified atom stereocenters. The lowest BCUT2D eigenvalue weighted by atomic mass is 10.00. The maximum absolute atomic E-state index is 12.6. The predicted octanol–water partition coefficient (Wildman–Crippen LogP) is 3.21. The fraction of sp³-hybridized carbons (Fsp3) is 0.316. The van der Waals surface area contributed by atoms with Crippen molar-refractivity contribution < 1.29 is 9.59 Å². The molecule has 1 fully saturated rings. The summed E-state index contributed by atoms with van der Waals surface area (Å²) in [6.07, 6.45) is 3.68. The summed E-state index contributed by atoms with van der Waals surface area (Å²) < 4.78 is 0. The quantitative estimate of drug-likeness (QED) is 0.943. The van der Waals surface area contributed by atoms with E-state index in [0.29, 0.717) is 17.2 Å². The molecular weight excluding hydrogens is 302 g/mol. The molecule has 0 saturated carbocycles. The summed E-state index contributed by atoms with van der Waals surface area (Å²) in [7, 11) is 0. The molecule has 1 N–H and O–H groups in total. The van der Waals surface area contributed by atoms with Gasteiger partial charge in [0.15, 0.2) is 0 Å². The third-order valence-corrected chi connectivity index (χ3v) is 4.22. The second-order valence-electron chi connectivity index (χ2n) is 6.25. The standard InChI is InChI=1S/C19H21N3O2/c1-14-6-5-11-22(13-14)19(24)17-12-15(9-10-20-17)18(23)21-16-7-3-2-4-8-16/h2-4,7-10,12,14H,5-6,11,13H2,1H3,(H,21,23). The Balaban J connectivity index is 1.73. The first-order valence-electron chi connectivity index (χ1n) is 8.25. The number of anilines is 1. The normalized spacial score (nSPS) is 17.4. The van der Waals surface area contributed by atoms with Gasteiger partial charge in [-0.05, 0) is 43.0 Å². The van der Waals surface area contributed by atoms with Crippen LogP contribution in [0.5, 0.6) is 0 Å². The van der Waals surface area contributed by atoms with Gasteiger partial charge in [-0.25, -0.2) is 0 Å². The lowest BCUT2D eigenvalue weighted by Gasteiger charge is -2.30. The summed E-state index contributed by atoms with van der Waals surface area (Å²) in [5.41, 5.74) is 1.48. The Labute approximate surface area is 141 Å². The van der Waals surface area contributed by atoms with E-state index in [1.54, 1.807) is 12.1 Å². The number of nitrogens with one attached hydrogen (secondary N) is 1. The summed E-state index contributed by atoms with van der Waals surface area (Å²) >= 11 is 0. The molecule has 3 rings (SSSR count). The van der Waals surface area contributed by atoms with E-state index in [0.717, 1.165) is 31.6 Å². The number of amides is 2. The molecular formula is C19H21N3O2. The van der Waals surface area contributed by atoms with Gasteiger partial charge >= 0.3 is 0 Å². The number of likely N-dealkylation sites (tertiary alicyclic amines) is 1. The summed E-state index contributed by atoms with van der Waals surface area (Å²) in [5.74, 6) is 0.160. The Morgan fingerprint density at radius 1 is 1.21 bits per heavy atom. The number of nitrogens with zero attached hydrogens (tertiary/aromatic N) is 2. The van der Waals surface area contributed by atoms with Crippen molar-refractivity contribution in [2.75, 3.05) is 18.4 Å². The number of para-hydroxylation sites is 1. The number of carbonyl (C=O) groups is 2. The third-order valence-electron chi connectivity index (χ3n) is 4.22. The largest absolute Gasteiger partial charge is 0.337 e. The first kappa shape index (κ1) is 16.2. The fourth-order valence-corrected chi connectivity index (χ4v) is 2.95. The molecule has 1 aromatic carbocycles. The van der Waals surface area contributed by atoms with Gasteiger partial charge in [-0.1, -0.05) is 25.1 Å². The molecule has 1 saturated heterocycles. The molecule has 1 atom stereocenters. The highest BCUT2D eigenvalue weighted by molar-refractivity contribution is 6.05. The zero-order valence-electron chi connectivity index (χ0n) is 13.7. The van der Waals surface area contributed by atoms with Crippen LogP contribution in [0, 0.1) is 5.92 Å². The molecule has 24 heavy (non-hydrogen) atoms. The highest BCUT2D eigenvalue weighted by Crippen LogP contribution is 2.18. The van der Waals surface area contributed by atoms with E-state index < -0.39 is 0 Å². The Kier molecular flexibility index (Phi) is 4.89. The molecule has 0 bridgehead atoms. The minimum Gasteiger partial charge on any atom is -0.337 e. The van der Waals surface area contributed by atoms with Crippen LogP contribution >= 0.6 is 0 Å². The molecule has 0 aliphatic carbocycles. The van der Waals surface area contributed by atoms with E-state index >= 15 is 0 Å². The lowest BCUT2D eigenvalue weighted by molar-refractivity contribution is 0.0677. The highest BCUT2D eigenvalue weighted by Gasteiger charge is 2.23. The molecule has 2 aromatic rings. The molecule has 2 heterocycles. The van der Waals surface area contributed by atoms with Gasteiger partial charge in [0.25, 0.3) is 11.8 Å². The summed E-state index contributed by atoms with van der Waals surface area (Å²) in [5, 5.41) is 2.82. The third kappa shape index (κ3) is 3.79. The number of rotatable bonds is 3. The number of aromatic nitrogens is 1. The lowest BCUT2D eigenvalue weighted by Crippen LogP contribution is -2.39. The van der Waals surface area contributed by atoms with Crippen LogP contribution in [0.3, 0.4) is 0 Å². The Morgan fingerprint density at radius 3 is 2.75 bits per heavy atom. The van der Waals surface area contributed by atoms with Gasteiger partial charge in [-0.2, -0.15) is 0 Å². The zero-order valence-corrected chi connectivity index (χ0v) is 13.7. The molecule has 0 spiro atoms. The van der Waals surface area contributed by atoms with Crippen LogP contribution in [0.4, 0.5) is 5.69 Å². The van der Waals surface area contributed by atoms with Gasteiger partial charge in [0.05, 0.1) is 0 Å². The van der Waals surface area contributed by atoms with Crippen LogP contribution in [0.25, 0.3) is 0 Å². The van der Waals surface area contributed by atoms with Crippen molar-refractivity contribution in [1.29, 1.82) is 0 Å². The van der Waals surface area contributed by atoms with Crippen LogP contribution in [0.15, 0.2) is 48.7 Å². The van der Waals surface area contributed by atoms with Crippen LogP contribution in [-0.2, 0) is 0 Å². The van der Waals surface area contributed by atoms with Crippen molar-refractivity contribution in [3.05, 3.63) is 59.9 Å². The first-order chi connectivity index (χ1) is 11.6. The van der Waals surface area contributed by atoms with Crippen molar-refractivity contribution in [2.45, 2.75) is 19.8 Å². The van der Waals surface area contributed by atoms with Crippen molar-refractivity contribution >= 4 is 17.5 Å². The van der Waals surface area contributed by atoms with E-state index in [-0.39, 0.29) is 11.8 Å². The molecule has 1 aromatic heterocycles. The molecule has 2 amide bonds. The SMILES string of the molecule is CC1CCCN(C(=O)c2cc(C(=O)Nc3ccccc3)ccn2)C1. The van der Waals surface area contributed by atoms with Gasteiger partial charge in [0, 0.05) is 30.5 Å². The van der Waals surface area contributed by atoms with Crippen molar-refractivity contribution in [2.24, 2.45) is 5.92 Å². The molecule has 1 aliphatic rings. The summed E-state index contributed by atoms with van der Waals surface area (Å²) in [6.45, 7) is 3.66. The smallest absolute Gasteiger partial charge is 0.272 e. The number of piperidine rings is 1. The minimum atomic E-state index is -0.246. The van der Waals surface area contributed by atoms with Gasteiger partial charge in [0.1, 0.15) is 5.69 Å². The Morgan fingerprint density at radius 2 is 2.00 bits per heavy atom. The van der Waals surface area contributed by atoms with Crippen LogP contribution in [0.2, 0.25) is 0 Å². The molecule has 1 aliphatic heterocycles. The number of hydrogen-bond acceptors (Lipinski definition) is 3. The maximum atomic E-state index is 12.6. The molecule has 124 valence electrons. The van der Waals surface area contributed by atoms with E-state index in [1.165, 1.54) is 6.20 Å². The van der Waals surface area contributed by atoms with Crippen molar-refractivity contribution in [3.8, 4) is 0 Å². The summed E-state index contributed by atoms with van der Waals surface area (Å²) in [6, 6.07) is 12.4. The molecule has 5 heteroatoms. The average molecular weight is 323 g/mol. The van der Waals surface area contributed by atoms with E-state index in [1.807, 2.05) is 35.2 Å². The zero-order chi connectivity index (χ0) is 16.9. The number of benzene rings is 1. The van der Waals surface area contributed by atoms with Gasteiger partial charge in [-0.3, -0.25) is 14.6 Å². The number of hydrogen-bond donors (Lipinski definition) is 1. The summed E-state index contributed by atoms with van der Waals surface area (Å²) in [4.78, 5) is 31.0. The fourth-order valence-electron chi connectivity index (χ4n) is 2.95. The van der Waals surface area contributed by atoms with E-state index in [9.17, 15) is 9.59 Å². The van der Waals surface area contributed by atoms with Crippen molar-refractivity contribution in [1.82, 2.24) is 9.88 Å². The second-order valence-corrected chi connectivity index (χ2v) is 6.25. The number of carbonyl (C=O) groups excluding carboxylic acids is 2.